The Kier molecular flexibility index (Phi) is 5.85. The average Bonchev–Trinajstić information content (AvgIpc) is 3.00. The van der Waals surface area contributed by atoms with Crippen LogP contribution in [0.3, 0.4) is 0 Å². The number of hydrogen-bond acceptors (Lipinski definition) is 6. The molecule has 1 amide bonds. The van der Waals surface area contributed by atoms with Crippen molar-refractivity contribution in [3.63, 3.8) is 0 Å². The van der Waals surface area contributed by atoms with Crippen molar-refractivity contribution >= 4 is 28.3 Å². The molecule has 0 unspecified atom stereocenters. The van der Waals surface area contributed by atoms with Gasteiger partial charge in [-0.3, -0.25) is 14.6 Å². The molecule has 0 aromatic carbocycles. The van der Waals surface area contributed by atoms with Gasteiger partial charge >= 0.3 is 5.97 Å². The Labute approximate surface area is 126 Å². The van der Waals surface area contributed by atoms with Crippen LogP contribution in [0.25, 0.3) is 0 Å². The summed E-state index contributed by atoms with van der Waals surface area (Å²) < 4.78 is 5.28. The van der Waals surface area contributed by atoms with E-state index in [1.807, 2.05) is 0 Å². The summed E-state index contributed by atoms with van der Waals surface area (Å²) >= 11 is 1.35. The molecule has 1 N–H and O–H groups in total. The molecule has 1 aromatic heterocycles. The highest BCUT2D eigenvalue weighted by molar-refractivity contribution is 7.13. The third kappa shape index (κ3) is 4.92. The van der Waals surface area contributed by atoms with E-state index in [2.05, 4.69) is 9.88 Å². The fourth-order valence-electron chi connectivity index (χ4n) is 1.95. The maximum atomic E-state index is 12.1. The first kappa shape index (κ1) is 15.6. The number of aromatic nitrogens is 1. The summed E-state index contributed by atoms with van der Waals surface area (Å²) in [5, 5.41) is 11.0. The standard InChI is InChI=1S/C13H17N3O4S/c17-11(1-2-12(18)19)16(13-14-3-10-21-13)5-4-15-6-8-20-9-7-15/h1-3,10H,4-9H2,(H,18,19). The second kappa shape index (κ2) is 7.87. The number of nitrogens with zero attached hydrogens (tertiary/aromatic N) is 3. The van der Waals surface area contributed by atoms with Gasteiger partial charge < -0.3 is 9.84 Å². The van der Waals surface area contributed by atoms with Gasteiger partial charge in [-0.15, -0.1) is 11.3 Å². The van der Waals surface area contributed by atoms with E-state index in [4.69, 9.17) is 9.84 Å². The third-order valence-electron chi connectivity index (χ3n) is 3.03. The van der Waals surface area contributed by atoms with Crippen LogP contribution in [0, 0.1) is 0 Å². The van der Waals surface area contributed by atoms with Gasteiger partial charge in [-0.2, -0.15) is 0 Å². The van der Waals surface area contributed by atoms with E-state index in [1.165, 1.54) is 16.2 Å². The Hall–Kier alpha value is -1.77. The molecule has 21 heavy (non-hydrogen) atoms. The van der Waals surface area contributed by atoms with Gasteiger partial charge in [-0.1, -0.05) is 0 Å². The fourth-order valence-corrected chi connectivity index (χ4v) is 2.62. The first-order chi connectivity index (χ1) is 10.2. The van der Waals surface area contributed by atoms with Crippen molar-refractivity contribution in [2.75, 3.05) is 44.3 Å². The summed E-state index contributed by atoms with van der Waals surface area (Å²) in [5.74, 6) is -1.52. The number of anilines is 1. The van der Waals surface area contributed by atoms with Crippen LogP contribution in [0.2, 0.25) is 0 Å². The number of morpholine rings is 1. The van der Waals surface area contributed by atoms with Crippen molar-refractivity contribution in [2.24, 2.45) is 0 Å². The number of carbonyl (C=O) groups is 2. The fraction of sp³-hybridized carbons (Fsp3) is 0.462. The molecule has 0 spiro atoms. The number of thiazole rings is 1. The lowest BCUT2D eigenvalue weighted by molar-refractivity contribution is -0.131. The molecule has 2 rings (SSSR count). The minimum Gasteiger partial charge on any atom is -0.478 e. The van der Waals surface area contributed by atoms with Crippen LogP contribution in [0.5, 0.6) is 0 Å². The highest BCUT2D eigenvalue weighted by atomic mass is 32.1. The Bertz CT molecular complexity index is 498. The van der Waals surface area contributed by atoms with Gasteiger partial charge in [-0.25, -0.2) is 9.78 Å². The van der Waals surface area contributed by atoms with E-state index in [1.54, 1.807) is 11.6 Å². The molecule has 1 aromatic rings. The molecule has 1 aliphatic rings. The SMILES string of the molecule is O=C(O)C=CC(=O)N(CCN1CCOCC1)c1nccs1. The molecule has 0 aliphatic carbocycles. The van der Waals surface area contributed by atoms with E-state index in [0.717, 1.165) is 25.2 Å². The molecule has 1 fully saturated rings. The van der Waals surface area contributed by atoms with Crippen molar-refractivity contribution in [3.05, 3.63) is 23.7 Å². The second-order valence-corrected chi connectivity index (χ2v) is 5.30. The minimum atomic E-state index is -1.14. The Balaban J connectivity index is 1.98. The molecule has 114 valence electrons. The van der Waals surface area contributed by atoms with E-state index >= 15 is 0 Å². The maximum absolute atomic E-state index is 12.1. The summed E-state index contributed by atoms with van der Waals surface area (Å²) in [4.78, 5) is 30.5. The molecular weight excluding hydrogens is 294 g/mol. The maximum Gasteiger partial charge on any atom is 0.328 e. The van der Waals surface area contributed by atoms with Crippen LogP contribution in [-0.4, -0.2) is 66.3 Å². The van der Waals surface area contributed by atoms with Crippen molar-refractivity contribution in [3.8, 4) is 0 Å². The smallest absolute Gasteiger partial charge is 0.328 e. The molecular formula is C13H17N3O4S. The van der Waals surface area contributed by atoms with Gasteiger partial charge in [0.2, 0.25) is 0 Å². The number of rotatable bonds is 6. The van der Waals surface area contributed by atoms with Gasteiger partial charge in [0, 0.05) is 49.9 Å². The number of carboxylic acid groups (broad SMARTS) is 1. The first-order valence-corrected chi connectivity index (χ1v) is 7.47. The molecule has 0 saturated carbocycles. The minimum absolute atomic E-state index is 0.374. The highest BCUT2D eigenvalue weighted by Gasteiger charge is 2.18. The summed E-state index contributed by atoms with van der Waals surface area (Å²) in [7, 11) is 0. The lowest BCUT2D eigenvalue weighted by atomic mass is 10.3. The van der Waals surface area contributed by atoms with E-state index < -0.39 is 5.97 Å². The van der Waals surface area contributed by atoms with Crippen LogP contribution >= 0.6 is 11.3 Å². The van der Waals surface area contributed by atoms with Gasteiger partial charge in [0.25, 0.3) is 5.91 Å². The predicted molar refractivity (Wildman–Crippen MR) is 78.5 cm³/mol. The number of carbonyl (C=O) groups excluding carboxylic acids is 1. The molecule has 7 nitrogen and oxygen atoms in total. The predicted octanol–water partition coefficient (Wildman–Crippen LogP) is 0.449. The molecule has 1 saturated heterocycles. The topological polar surface area (TPSA) is 83.0 Å². The highest BCUT2D eigenvalue weighted by Crippen LogP contribution is 2.17. The zero-order chi connectivity index (χ0) is 15.1. The van der Waals surface area contributed by atoms with Crippen LogP contribution in [-0.2, 0) is 14.3 Å². The zero-order valence-electron chi connectivity index (χ0n) is 11.5. The van der Waals surface area contributed by atoms with Crippen LogP contribution in [0.15, 0.2) is 23.7 Å². The third-order valence-corrected chi connectivity index (χ3v) is 3.82. The van der Waals surface area contributed by atoms with Crippen molar-refractivity contribution < 1.29 is 19.4 Å². The number of carboxylic acids is 1. The largest absolute Gasteiger partial charge is 0.478 e. The van der Waals surface area contributed by atoms with Gasteiger partial charge in [0.15, 0.2) is 5.13 Å². The summed E-state index contributed by atoms with van der Waals surface area (Å²) in [6, 6.07) is 0. The number of amides is 1. The Morgan fingerprint density at radius 3 is 2.81 bits per heavy atom. The summed E-state index contributed by atoms with van der Waals surface area (Å²) in [6.07, 6.45) is 3.52. The molecule has 1 aliphatic heterocycles. The van der Waals surface area contributed by atoms with Crippen molar-refractivity contribution in [2.45, 2.75) is 0 Å². The average molecular weight is 311 g/mol. The Morgan fingerprint density at radius 2 is 2.19 bits per heavy atom. The first-order valence-electron chi connectivity index (χ1n) is 6.59. The Morgan fingerprint density at radius 1 is 1.43 bits per heavy atom. The number of aliphatic carboxylic acids is 1. The van der Waals surface area contributed by atoms with Gasteiger partial charge in [0.1, 0.15) is 0 Å². The number of hydrogen-bond donors (Lipinski definition) is 1. The zero-order valence-corrected chi connectivity index (χ0v) is 12.3. The summed E-state index contributed by atoms with van der Waals surface area (Å²) in [6.45, 7) is 4.25. The molecule has 2 heterocycles. The lowest BCUT2D eigenvalue weighted by Crippen LogP contribution is -2.42. The van der Waals surface area contributed by atoms with Crippen molar-refractivity contribution in [1.29, 1.82) is 0 Å². The molecule has 0 bridgehead atoms. The summed E-state index contributed by atoms with van der Waals surface area (Å²) in [5.41, 5.74) is 0. The molecule has 8 heteroatoms. The van der Waals surface area contributed by atoms with Crippen molar-refractivity contribution in [1.82, 2.24) is 9.88 Å². The normalized spacial score (nSPS) is 16.2. The van der Waals surface area contributed by atoms with E-state index in [9.17, 15) is 9.59 Å². The van der Waals surface area contributed by atoms with Crippen LogP contribution in [0.1, 0.15) is 0 Å². The lowest BCUT2D eigenvalue weighted by Gasteiger charge is -2.28. The van der Waals surface area contributed by atoms with Crippen LogP contribution < -0.4 is 4.90 Å². The van der Waals surface area contributed by atoms with Gasteiger partial charge in [-0.05, 0) is 0 Å². The molecule has 0 radical (unpaired) electrons. The van der Waals surface area contributed by atoms with E-state index in [0.29, 0.717) is 31.4 Å². The van der Waals surface area contributed by atoms with Gasteiger partial charge in [0.05, 0.1) is 13.2 Å². The monoisotopic (exact) mass is 311 g/mol. The molecule has 0 atom stereocenters. The second-order valence-electron chi connectivity index (χ2n) is 4.43. The number of ether oxygens (including phenoxy) is 1. The van der Waals surface area contributed by atoms with Crippen LogP contribution in [0.4, 0.5) is 5.13 Å². The quantitative estimate of drug-likeness (QED) is 0.768. The van der Waals surface area contributed by atoms with E-state index in [-0.39, 0.29) is 5.91 Å².